The molecule has 0 spiro atoms. The van der Waals surface area contributed by atoms with E-state index in [2.05, 4.69) is 34.8 Å². The Morgan fingerprint density at radius 3 is 2.87 bits per heavy atom. The van der Waals surface area contributed by atoms with Crippen LogP contribution in [0.2, 0.25) is 0 Å². The molecule has 0 saturated carbocycles. The molecular weight excluding hydrogens is 312 g/mol. The average molecular weight is 335 g/mol. The first kappa shape index (κ1) is 17.5. The molecule has 1 aromatic carbocycles. The number of hydrogen-bond acceptors (Lipinski definition) is 3. The first-order valence-electron chi connectivity index (χ1n) is 7.66. The molecule has 0 aliphatic carbocycles. The highest BCUT2D eigenvalue weighted by molar-refractivity contribution is 5.85. The minimum absolute atomic E-state index is 0. The van der Waals surface area contributed by atoms with Crippen molar-refractivity contribution in [1.82, 2.24) is 20.4 Å². The maximum absolute atomic E-state index is 12.5. The molecule has 2 atom stereocenters. The Hall–Kier alpha value is -1.85. The van der Waals surface area contributed by atoms with Crippen molar-refractivity contribution in [1.29, 1.82) is 0 Å². The van der Waals surface area contributed by atoms with Gasteiger partial charge in [-0.15, -0.1) is 12.4 Å². The summed E-state index contributed by atoms with van der Waals surface area (Å²) in [6.07, 6.45) is 3.86. The fourth-order valence-electron chi connectivity index (χ4n) is 3.06. The van der Waals surface area contributed by atoms with Crippen LogP contribution < -0.4 is 10.6 Å². The second-order valence-electron chi connectivity index (χ2n) is 5.96. The molecule has 1 aliphatic heterocycles. The SMILES string of the molecule is Cc1ccccc1CNC(=O)[C@H]1CNC[C@@H]1c1cnn(C)c1.Cl. The molecule has 1 aliphatic rings. The number of aryl methyl sites for hydroxylation is 2. The molecule has 0 unspecified atom stereocenters. The standard InChI is InChI=1S/C17H22N4O.ClH/c1-12-5-3-4-6-13(12)7-19-17(22)16-10-18-9-15(16)14-8-20-21(2)11-14;/h3-6,8,11,15-16,18H,7,9-10H2,1-2H3,(H,19,22);1H/t15-,16+;/m1./s1. The lowest BCUT2D eigenvalue weighted by Crippen LogP contribution is -2.34. The molecule has 1 saturated heterocycles. The molecular formula is C17H23ClN4O. The van der Waals surface area contributed by atoms with E-state index in [1.165, 1.54) is 11.1 Å². The Kier molecular flexibility index (Phi) is 5.80. The van der Waals surface area contributed by atoms with Crippen molar-refractivity contribution in [3.8, 4) is 0 Å². The number of carbonyl (C=O) groups excluding carboxylic acids is 1. The smallest absolute Gasteiger partial charge is 0.225 e. The summed E-state index contributed by atoms with van der Waals surface area (Å²) >= 11 is 0. The number of carbonyl (C=O) groups is 1. The molecule has 2 heterocycles. The topological polar surface area (TPSA) is 59.0 Å². The summed E-state index contributed by atoms with van der Waals surface area (Å²) in [5.41, 5.74) is 3.50. The van der Waals surface area contributed by atoms with Gasteiger partial charge >= 0.3 is 0 Å². The molecule has 2 N–H and O–H groups in total. The van der Waals surface area contributed by atoms with Gasteiger partial charge < -0.3 is 10.6 Å². The molecule has 0 radical (unpaired) electrons. The lowest BCUT2D eigenvalue weighted by atomic mass is 9.90. The van der Waals surface area contributed by atoms with Crippen LogP contribution in [-0.4, -0.2) is 28.8 Å². The molecule has 5 nitrogen and oxygen atoms in total. The number of amides is 1. The maximum Gasteiger partial charge on any atom is 0.225 e. The van der Waals surface area contributed by atoms with Gasteiger partial charge in [-0.05, 0) is 23.6 Å². The predicted octanol–water partition coefficient (Wildman–Crippen LogP) is 1.77. The largest absolute Gasteiger partial charge is 0.352 e. The van der Waals surface area contributed by atoms with Gasteiger partial charge in [-0.2, -0.15) is 5.10 Å². The third kappa shape index (κ3) is 3.92. The quantitative estimate of drug-likeness (QED) is 0.896. The van der Waals surface area contributed by atoms with E-state index < -0.39 is 0 Å². The number of aromatic nitrogens is 2. The monoisotopic (exact) mass is 334 g/mol. The van der Waals surface area contributed by atoms with Crippen LogP contribution in [0.1, 0.15) is 22.6 Å². The predicted molar refractivity (Wildman–Crippen MR) is 92.6 cm³/mol. The first-order chi connectivity index (χ1) is 10.6. The first-order valence-corrected chi connectivity index (χ1v) is 7.66. The maximum atomic E-state index is 12.5. The van der Waals surface area contributed by atoms with Crippen LogP contribution in [0.25, 0.3) is 0 Å². The zero-order valence-electron chi connectivity index (χ0n) is 13.5. The van der Waals surface area contributed by atoms with Gasteiger partial charge in [0.15, 0.2) is 0 Å². The zero-order chi connectivity index (χ0) is 15.5. The minimum atomic E-state index is -0.0341. The van der Waals surface area contributed by atoms with Crippen LogP contribution in [0.4, 0.5) is 0 Å². The molecule has 1 fully saturated rings. The Bertz CT molecular complexity index is 670. The van der Waals surface area contributed by atoms with Gasteiger partial charge in [0.05, 0.1) is 12.1 Å². The van der Waals surface area contributed by atoms with Crippen LogP contribution in [0.3, 0.4) is 0 Å². The van der Waals surface area contributed by atoms with Crippen molar-refractivity contribution in [3.63, 3.8) is 0 Å². The van der Waals surface area contributed by atoms with Crippen molar-refractivity contribution >= 4 is 18.3 Å². The molecule has 0 bridgehead atoms. The summed E-state index contributed by atoms with van der Waals surface area (Å²) in [6.45, 7) is 4.20. The van der Waals surface area contributed by atoms with Crippen molar-refractivity contribution in [2.75, 3.05) is 13.1 Å². The van der Waals surface area contributed by atoms with E-state index in [0.717, 1.165) is 18.7 Å². The Morgan fingerprint density at radius 1 is 1.39 bits per heavy atom. The Morgan fingerprint density at radius 2 is 2.17 bits per heavy atom. The molecule has 1 aromatic heterocycles. The molecule has 1 amide bonds. The van der Waals surface area contributed by atoms with Crippen molar-refractivity contribution in [3.05, 3.63) is 53.3 Å². The van der Waals surface area contributed by atoms with E-state index in [9.17, 15) is 4.79 Å². The normalized spacial score (nSPS) is 20.1. The number of rotatable bonds is 4. The van der Waals surface area contributed by atoms with E-state index >= 15 is 0 Å². The van der Waals surface area contributed by atoms with Gasteiger partial charge in [-0.1, -0.05) is 24.3 Å². The zero-order valence-corrected chi connectivity index (χ0v) is 14.3. The van der Waals surface area contributed by atoms with Gasteiger partial charge in [0.1, 0.15) is 0 Å². The lowest BCUT2D eigenvalue weighted by Gasteiger charge is -2.17. The lowest BCUT2D eigenvalue weighted by molar-refractivity contribution is -0.125. The van der Waals surface area contributed by atoms with Crippen molar-refractivity contribution < 1.29 is 4.79 Å². The van der Waals surface area contributed by atoms with Crippen LogP contribution in [0.5, 0.6) is 0 Å². The van der Waals surface area contributed by atoms with Gasteiger partial charge in [0.25, 0.3) is 0 Å². The van der Waals surface area contributed by atoms with Crippen LogP contribution in [0, 0.1) is 12.8 Å². The van der Waals surface area contributed by atoms with Gasteiger partial charge in [0.2, 0.25) is 5.91 Å². The number of nitrogens with one attached hydrogen (secondary N) is 2. The van der Waals surface area contributed by atoms with Crippen LogP contribution >= 0.6 is 12.4 Å². The van der Waals surface area contributed by atoms with Gasteiger partial charge in [-0.25, -0.2) is 0 Å². The average Bonchev–Trinajstić information content (AvgIpc) is 3.14. The third-order valence-corrected chi connectivity index (χ3v) is 4.42. The van der Waals surface area contributed by atoms with Crippen molar-refractivity contribution in [2.45, 2.75) is 19.4 Å². The summed E-state index contributed by atoms with van der Waals surface area (Å²) in [5.74, 6) is 0.279. The second-order valence-corrected chi connectivity index (χ2v) is 5.96. The summed E-state index contributed by atoms with van der Waals surface area (Å²) in [4.78, 5) is 12.5. The van der Waals surface area contributed by atoms with Gasteiger partial charge in [0, 0.05) is 38.8 Å². The van der Waals surface area contributed by atoms with E-state index in [4.69, 9.17) is 0 Å². The molecule has 3 rings (SSSR count). The molecule has 23 heavy (non-hydrogen) atoms. The van der Waals surface area contributed by atoms with E-state index in [1.54, 1.807) is 4.68 Å². The molecule has 124 valence electrons. The highest BCUT2D eigenvalue weighted by Gasteiger charge is 2.34. The van der Waals surface area contributed by atoms with Crippen LogP contribution in [-0.2, 0) is 18.4 Å². The fraction of sp³-hybridized carbons (Fsp3) is 0.412. The van der Waals surface area contributed by atoms with Crippen molar-refractivity contribution in [2.24, 2.45) is 13.0 Å². The highest BCUT2D eigenvalue weighted by Crippen LogP contribution is 2.28. The van der Waals surface area contributed by atoms with E-state index in [1.807, 2.05) is 31.6 Å². The van der Waals surface area contributed by atoms with E-state index in [-0.39, 0.29) is 30.2 Å². The Labute approximate surface area is 142 Å². The second kappa shape index (κ2) is 7.62. The number of nitrogens with zero attached hydrogens (tertiary/aromatic N) is 2. The summed E-state index contributed by atoms with van der Waals surface area (Å²) < 4.78 is 1.79. The van der Waals surface area contributed by atoms with Gasteiger partial charge in [-0.3, -0.25) is 9.48 Å². The van der Waals surface area contributed by atoms with Crippen LogP contribution in [0.15, 0.2) is 36.7 Å². The minimum Gasteiger partial charge on any atom is -0.352 e. The summed E-state index contributed by atoms with van der Waals surface area (Å²) in [7, 11) is 1.90. The third-order valence-electron chi connectivity index (χ3n) is 4.42. The number of benzene rings is 1. The Balaban J connectivity index is 0.00000192. The number of halogens is 1. The molecule has 2 aromatic rings. The van der Waals surface area contributed by atoms with E-state index in [0.29, 0.717) is 6.54 Å². The fourth-order valence-corrected chi connectivity index (χ4v) is 3.06. The number of hydrogen-bond donors (Lipinski definition) is 2. The summed E-state index contributed by atoms with van der Waals surface area (Å²) in [5, 5.41) is 10.6. The molecule has 6 heteroatoms. The highest BCUT2D eigenvalue weighted by atomic mass is 35.5. The summed E-state index contributed by atoms with van der Waals surface area (Å²) in [6, 6.07) is 8.14.